The van der Waals surface area contributed by atoms with Gasteiger partial charge in [0.25, 0.3) is 0 Å². The van der Waals surface area contributed by atoms with E-state index in [0.29, 0.717) is 17.4 Å². The average Bonchev–Trinajstić information content (AvgIpc) is 3.32. The number of phosphoric acid groups is 1. The molecule has 0 aromatic rings. The predicted molar refractivity (Wildman–Crippen MR) is 298 cm³/mol. The number of esters is 2. The van der Waals surface area contributed by atoms with Crippen LogP contribution in [0.5, 0.6) is 0 Å². The van der Waals surface area contributed by atoms with Crippen LogP contribution in [0.25, 0.3) is 0 Å². The molecular weight excluding hydrogens is 894 g/mol. The van der Waals surface area contributed by atoms with Crippen molar-refractivity contribution in [3.05, 3.63) is 97.2 Å². The van der Waals surface area contributed by atoms with Crippen LogP contribution >= 0.6 is 7.82 Å². The molecule has 0 saturated heterocycles. The van der Waals surface area contributed by atoms with E-state index < -0.39 is 26.5 Å². The number of rotatable bonds is 50. The van der Waals surface area contributed by atoms with Crippen molar-refractivity contribution in [3.63, 3.8) is 0 Å². The fourth-order valence-corrected chi connectivity index (χ4v) is 8.07. The largest absolute Gasteiger partial charge is 0.472 e. The van der Waals surface area contributed by atoms with Crippen molar-refractivity contribution in [2.24, 2.45) is 0 Å². The number of allylic oxidation sites excluding steroid dienone is 16. The molecule has 0 aromatic carbocycles. The van der Waals surface area contributed by atoms with Crippen molar-refractivity contribution >= 4 is 19.8 Å². The van der Waals surface area contributed by atoms with E-state index in [9.17, 15) is 19.0 Å². The number of carbonyl (C=O) groups is 2. The summed E-state index contributed by atoms with van der Waals surface area (Å²) in [5.41, 5.74) is 0. The normalized spacial score (nSPS) is 14.1. The summed E-state index contributed by atoms with van der Waals surface area (Å²) in [7, 11) is 1.46. The maximum atomic E-state index is 12.8. The van der Waals surface area contributed by atoms with Gasteiger partial charge in [-0.25, -0.2) is 4.57 Å². The topological polar surface area (TPSA) is 108 Å². The van der Waals surface area contributed by atoms with E-state index in [1.807, 2.05) is 21.1 Å². The molecule has 0 heterocycles. The van der Waals surface area contributed by atoms with Gasteiger partial charge in [0.05, 0.1) is 27.7 Å². The van der Waals surface area contributed by atoms with Gasteiger partial charge >= 0.3 is 19.8 Å². The first-order valence-electron chi connectivity index (χ1n) is 28.0. The standard InChI is InChI=1S/C60H104NO8P/c1-6-8-10-12-14-16-18-20-22-23-24-25-26-27-28-29-30-31-32-33-34-35-36-37-39-41-43-45-47-49-51-53-60(63)69-58(57-68-70(64,65)67-55-54-61(3,4)5)56-66-59(62)52-50-48-46-44-42-40-38-21-19-17-15-13-11-9-7-2/h8,10,14,16,20,22,24-25,27-28,30-31,33-34,36-37,58H,6-7,9,11-13,15,17-19,21,23,26,29,32,35,38-57H2,1-5H3/p+1/b10-8-,16-14-,22-20-,25-24-,28-27-,31-30-,34-33-,37-36-. The Morgan fingerprint density at radius 3 is 1.21 bits per heavy atom. The highest BCUT2D eigenvalue weighted by Crippen LogP contribution is 2.43. The van der Waals surface area contributed by atoms with E-state index in [1.165, 1.54) is 77.0 Å². The second kappa shape index (κ2) is 50.9. The van der Waals surface area contributed by atoms with Crippen molar-refractivity contribution in [2.45, 2.75) is 225 Å². The molecule has 402 valence electrons. The third-order valence-corrected chi connectivity index (χ3v) is 12.6. The SMILES string of the molecule is CC/C=C\C/C=C\C/C=C\C/C=C\C/C=C\C/C=C\C/C=C\C/C=C\CCCCCCCCC(=O)OC(COC(=O)CCCCCCCCCCCCCCCCC)COP(=O)(O)OCC[N+](C)(C)C. The molecular formula is C60H105NO8P+. The fraction of sp³-hybridized carbons (Fsp3) is 0.700. The van der Waals surface area contributed by atoms with Crippen molar-refractivity contribution in [1.29, 1.82) is 0 Å². The molecule has 0 radical (unpaired) electrons. The third kappa shape index (κ3) is 54.3. The van der Waals surface area contributed by atoms with Crippen LogP contribution in [0.3, 0.4) is 0 Å². The summed E-state index contributed by atoms with van der Waals surface area (Å²) < 4.78 is 34.5. The Balaban J connectivity index is 4.23. The number of hydrogen-bond donors (Lipinski definition) is 1. The van der Waals surface area contributed by atoms with E-state index >= 15 is 0 Å². The van der Waals surface area contributed by atoms with Gasteiger partial charge in [-0.2, -0.15) is 0 Å². The van der Waals surface area contributed by atoms with Gasteiger partial charge in [-0.15, -0.1) is 0 Å². The van der Waals surface area contributed by atoms with Crippen molar-refractivity contribution in [3.8, 4) is 0 Å². The molecule has 0 bridgehead atoms. The summed E-state index contributed by atoms with van der Waals surface area (Å²) in [6.45, 7) is 4.30. The molecule has 1 N–H and O–H groups in total. The van der Waals surface area contributed by atoms with Crippen LogP contribution in [0.4, 0.5) is 0 Å². The van der Waals surface area contributed by atoms with Gasteiger partial charge in [0, 0.05) is 12.8 Å². The summed E-state index contributed by atoms with van der Waals surface area (Å²) in [6.07, 6.45) is 68.9. The summed E-state index contributed by atoms with van der Waals surface area (Å²) in [6, 6.07) is 0. The Bertz CT molecular complexity index is 1500. The lowest BCUT2D eigenvalue weighted by atomic mass is 10.0. The van der Waals surface area contributed by atoms with Gasteiger partial charge in [-0.05, 0) is 77.0 Å². The Morgan fingerprint density at radius 1 is 0.457 bits per heavy atom. The molecule has 0 aliphatic carbocycles. The van der Waals surface area contributed by atoms with Crippen LogP contribution < -0.4 is 0 Å². The number of ether oxygens (including phenoxy) is 2. The highest BCUT2D eigenvalue weighted by atomic mass is 31.2. The molecule has 10 heteroatoms. The molecule has 70 heavy (non-hydrogen) atoms. The molecule has 2 unspecified atom stereocenters. The van der Waals surface area contributed by atoms with Crippen molar-refractivity contribution < 1.29 is 42.1 Å². The maximum absolute atomic E-state index is 12.8. The molecule has 0 aromatic heterocycles. The van der Waals surface area contributed by atoms with Crippen LogP contribution in [0.1, 0.15) is 219 Å². The van der Waals surface area contributed by atoms with E-state index in [4.69, 9.17) is 18.5 Å². The summed E-state index contributed by atoms with van der Waals surface area (Å²) in [4.78, 5) is 35.6. The van der Waals surface area contributed by atoms with Gasteiger partial charge in [-0.1, -0.05) is 227 Å². The smallest absolute Gasteiger partial charge is 0.462 e. The van der Waals surface area contributed by atoms with Gasteiger partial charge in [0.1, 0.15) is 19.8 Å². The lowest BCUT2D eigenvalue weighted by molar-refractivity contribution is -0.870. The second-order valence-corrected chi connectivity index (χ2v) is 21.0. The number of quaternary nitrogens is 1. The maximum Gasteiger partial charge on any atom is 0.472 e. The lowest BCUT2D eigenvalue weighted by Crippen LogP contribution is -2.37. The van der Waals surface area contributed by atoms with Crippen molar-refractivity contribution in [2.75, 3.05) is 47.5 Å². The van der Waals surface area contributed by atoms with Gasteiger partial charge < -0.3 is 18.9 Å². The highest BCUT2D eigenvalue weighted by Gasteiger charge is 2.27. The molecule has 0 amide bonds. The summed E-state index contributed by atoms with van der Waals surface area (Å²) in [5.74, 6) is -0.815. The summed E-state index contributed by atoms with van der Waals surface area (Å²) >= 11 is 0. The molecule has 2 atom stereocenters. The van der Waals surface area contributed by atoms with Gasteiger partial charge in [0.15, 0.2) is 6.10 Å². The third-order valence-electron chi connectivity index (χ3n) is 11.6. The number of likely N-dealkylation sites (N-methyl/N-ethyl adjacent to an activating group) is 1. The lowest BCUT2D eigenvalue weighted by Gasteiger charge is -2.24. The average molecular weight is 999 g/mol. The Labute approximate surface area is 430 Å². The first-order valence-corrected chi connectivity index (χ1v) is 29.5. The molecule has 9 nitrogen and oxygen atoms in total. The minimum atomic E-state index is -4.39. The minimum absolute atomic E-state index is 0.0249. The molecule has 0 aliphatic heterocycles. The molecule has 0 rings (SSSR count). The second-order valence-electron chi connectivity index (χ2n) is 19.6. The Kier molecular flexibility index (Phi) is 48.6. The zero-order chi connectivity index (χ0) is 51.3. The monoisotopic (exact) mass is 999 g/mol. The molecule has 0 fully saturated rings. The first kappa shape index (κ1) is 66.9. The zero-order valence-corrected chi connectivity index (χ0v) is 46.4. The highest BCUT2D eigenvalue weighted by molar-refractivity contribution is 7.47. The number of carbonyl (C=O) groups excluding carboxylic acids is 2. The Hall–Kier alpha value is -3.07. The van der Waals surface area contributed by atoms with E-state index in [0.717, 1.165) is 109 Å². The van der Waals surface area contributed by atoms with Crippen LogP contribution in [-0.4, -0.2) is 74.9 Å². The van der Waals surface area contributed by atoms with Crippen LogP contribution in [0.2, 0.25) is 0 Å². The zero-order valence-electron chi connectivity index (χ0n) is 45.5. The number of hydrogen-bond acceptors (Lipinski definition) is 7. The van der Waals surface area contributed by atoms with Crippen molar-refractivity contribution in [1.82, 2.24) is 0 Å². The van der Waals surface area contributed by atoms with Crippen LogP contribution in [0, 0.1) is 0 Å². The molecule has 0 aliphatic rings. The predicted octanol–water partition coefficient (Wildman–Crippen LogP) is 17.3. The molecule has 0 spiro atoms. The fourth-order valence-electron chi connectivity index (χ4n) is 7.32. The van der Waals surface area contributed by atoms with Gasteiger partial charge in [0.2, 0.25) is 0 Å². The van der Waals surface area contributed by atoms with Crippen LogP contribution in [-0.2, 0) is 32.7 Å². The number of phosphoric ester groups is 1. The van der Waals surface area contributed by atoms with Gasteiger partial charge in [-0.3, -0.25) is 18.6 Å². The minimum Gasteiger partial charge on any atom is -0.462 e. The summed E-state index contributed by atoms with van der Waals surface area (Å²) in [5, 5.41) is 0. The first-order chi connectivity index (χ1) is 34.0. The molecule has 0 saturated carbocycles. The van der Waals surface area contributed by atoms with E-state index in [-0.39, 0.29) is 32.0 Å². The number of nitrogens with zero attached hydrogens (tertiary/aromatic N) is 1. The van der Waals surface area contributed by atoms with Crippen LogP contribution in [0.15, 0.2) is 97.2 Å². The van der Waals surface area contributed by atoms with E-state index in [2.05, 4.69) is 111 Å². The Morgan fingerprint density at radius 2 is 0.814 bits per heavy atom. The number of unbranched alkanes of at least 4 members (excludes halogenated alkanes) is 20. The quantitative estimate of drug-likeness (QED) is 0.0211. The van der Waals surface area contributed by atoms with E-state index in [1.54, 1.807) is 0 Å².